The molecule has 2 unspecified atom stereocenters. The minimum atomic E-state index is -0.353. The summed E-state index contributed by atoms with van der Waals surface area (Å²) in [5, 5.41) is 20.3. The van der Waals surface area contributed by atoms with Crippen molar-refractivity contribution in [2.24, 2.45) is 11.5 Å². The summed E-state index contributed by atoms with van der Waals surface area (Å²) in [5.74, 6) is -0.771. The number of nitrogens with zero attached hydrogens (tertiary/aromatic N) is 3. The van der Waals surface area contributed by atoms with E-state index >= 15 is 0 Å². The highest BCUT2D eigenvalue weighted by Crippen LogP contribution is 2.04. The second-order valence-electron chi connectivity index (χ2n) is 11.4. The van der Waals surface area contributed by atoms with Gasteiger partial charge in [-0.15, -0.1) is 5.10 Å². The smallest absolute Gasteiger partial charge is 0.234 e. The Kier molecular flexibility index (Phi) is 19.8. The van der Waals surface area contributed by atoms with Gasteiger partial charge in [-0.2, -0.15) is 0 Å². The molecule has 0 spiro atoms. The molecule has 2 atom stereocenters. The number of carbonyl (C=O) groups is 4. The summed E-state index contributed by atoms with van der Waals surface area (Å²) in [5.41, 5.74) is 11.6. The quantitative estimate of drug-likeness (QED) is 0.0796. The minimum Gasteiger partial charge on any atom is -0.380 e. The van der Waals surface area contributed by atoms with Crippen molar-refractivity contribution in [3.8, 4) is 0 Å². The zero-order chi connectivity index (χ0) is 32.0. The van der Waals surface area contributed by atoms with Gasteiger partial charge in [0.1, 0.15) is 0 Å². The molecule has 0 aliphatic heterocycles. The first kappa shape index (κ1) is 37.9. The fourth-order valence-electron chi connectivity index (χ4n) is 4.40. The van der Waals surface area contributed by atoms with Crippen LogP contribution in [-0.2, 0) is 36.9 Å². The Hall–Kier alpha value is -3.10. The standard InChI is InChI=1S/C29H55N9O5/c1-21(2)34-24(28(30)41)10-5-7-15-32-26(39)12-9-18-43-19-17-38-20-23(36-37-38)13-14-27(40)33-16-8-6-11-25(29(31)42)35-22(3)4/h20-22,24-25,34-35H,5-19H2,1-4H3,(H2,30,41)(H2,31,42)(H,32,39)(H,33,40). The Morgan fingerprint density at radius 1 is 0.791 bits per heavy atom. The van der Waals surface area contributed by atoms with E-state index in [9.17, 15) is 19.2 Å². The molecule has 1 aromatic rings. The lowest BCUT2D eigenvalue weighted by Gasteiger charge is -2.18. The predicted molar refractivity (Wildman–Crippen MR) is 165 cm³/mol. The molecule has 14 heteroatoms. The molecule has 1 rings (SSSR count). The fraction of sp³-hybridized carbons (Fsp3) is 0.793. The van der Waals surface area contributed by atoms with Crippen LogP contribution in [0.5, 0.6) is 0 Å². The molecule has 0 aliphatic rings. The SMILES string of the molecule is CC(C)NC(CCCCNC(=O)CCCOCCn1cc(CCC(=O)NCCCCC(NC(C)C)C(N)=O)nn1)C(N)=O. The van der Waals surface area contributed by atoms with Gasteiger partial charge in [0.25, 0.3) is 0 Å². The zero-order valence-electron chi connectivity index (χ0n) is 26.5. The van der Waals surface area contributed by atoms with E-state index in [2.05, 4.69) is 31.6 Å². The predicted octanol–water partition coefficient (Wildman–Crippen LogP) is 0.284. The Morgan fingerprint density at radius 2 is 1.33 bits per heavy atom. The van der Waals surface area contributed by atoms with Crippen molar-refractivity contribution in [1.29, 1.82) is 0 Å². The average molecular weight is 610 g/mol. The monoisotopic (exact) mass is 609 g/mol. The number of carbonyl (C=O) groups excluding carboxylic acids is 4. The molecule has 8 N–H and O–H groups in total. The Labute approximate surface area is 256 Å². The zero-order valence-corrected chi connectivity index (χ0v) is 26.5. The summed E-state index contributed by atoms with van der Waals surface area (Å²) in [7, 11) is 0. The van der Waals surface area contributed by atoms with E-state index in [1.54, 1.807) is 10.9 Å². The molecular weight excluding hydrogens is 554 g/mol. The van der Waals surface area contributed by atoms with Crippen LogP contribution < -0.4 is 32.7 Å². The Morgan fingerprint density at radius 3 is 1.84 bits per heavy atom. The van der Waals surface area contributed by atoms with E-state index < -0.39 is 0 Å². The molecule has 0 bridgehead atoms. The number of amides is 4. The molecule has 0 aromatic carbocycles. The summed E-state index contributed by atoms with van der Waals surface area (Å²) in [6.07, 6.45) is 8.05. The lowest BCUT2D eigenvalue weighted by Crippen LogP contribution is -2.44. The van der Waals surface area contributed by atoms with E-state index in [1.165, 1.54) is 0 Å². The molecule has 0 aliphatic carbocycles. The summed E-state index contributed by atoms with van der Waals surface area (Å²) in [6, 6.07) is -0.323. The van der Waals surface area contributed by atoms with Gasteiger partial charge >= 0.3 is 0 Å². The van der Waals surface area contributed by atoms with Crippen LogP contribution in [0.4, 0.5) is 0 Å². The van der Waals surface area contributed by atoms with Gasteiger partial charge in [0.2, 0.25) is 23.6 Å². The maximum Gasteiger partial charge on any atom is 0.234 e. The van der Waals surface area contributed by atoms with Crippen LogP contribution in [-0.4, -0.2) is 89.1 Å². The maximum atomic E-state index is 12.1. The van der Waals surface area contributed by atoms with Crippen molar-refractivity contribution in [3.05, 3.63) is 11.9 Å². The van der Waals surface area contributed by atoms with Gasteiger partial charge in [0.15, 0.2) is 0 Å². The highest BCUT2D eigenvalue weighted by Gasteiger charge is 2.16. The Bertz CT molecular complexity index is 955. The van der Waals surface area contributed by atoms with Crippen molar-refractivity contribution < 1.29 is 23.9 Å². The van der Waals surface area contributed by atoms with Crippen LogP contribution in [0.1, 0.15) is 91.2 Å². The van der Waals surface area contributed by atoms with Crippen LogP contribution in [0.15, 0.2) is 6.20 Å². The van der Waals surface area contributed by atoms with Gasteiger partial charge in [-0.25, -0.2) is 4.68 Å². The number of nitrogens with two attached hydrogens (primary N) is 2. The number of rotatable bonds is 26. The number of ether oxygens (including phenoxy) is 1. The van der Waals surface area contributed by atoms with Gasteiger partial charge in [-0.1, -0.05) is 32.9 Å². The Balaban J connectivity index is 2.06. The van der Waals surface area contributed by atoms with Crippen molar-refractivity contribution >= 4 is 23.6 Å². The van der Waals surface area contributed by atoms with Gasteiger partial charge in [0, 0.05) is 57.2 Å². The molecule has 4 amide bonds. The van der Waals surface area contributed by atoms with Crippen molar-refractivity contribution in [2.75, 3.05) is 26.3 Å². The molecule has 43 heavy (non-hydrogen) atoms. The normalized spacial score (nSPS) is 12.8. The highest BCUT2D eigenvalue weighted by molar-refractivity contribution is 5.80. The highest BCUT2D eigenvalue weighted by atomic mass is 16.5. The first-order valence-electron chi connectivity index (χ1n) is 15.6. The summed E-state index contributed by atoms with van der Waals surface area (Å²) >= 11 is 0. The molecule has 0 radical (unpaired) electrons. The number of unbranched alkanes of at least 4 members (excludes halogenated alkanes) is 2. The molecule has 1 aromatic heterocycles. The number of aromatic nitrogens is 3. The molecule has 0 saturated carbocycles. The third-order valence-electron chi connectivity index (χ3n) is 6.59. The fourth-order valence-corrected chi connectivity index (χ4v) is 4.40. The van der Waals surface area contributed by atoms with Crippen LogP contribution in [0.3, 0.4) is 0 Å². The summed E-state index contributed by atoms with van der Waals surface area (Å²) in [4.78, 5) is 47.1. The molecular formula is C29H55N9O5. The summed E-state index contributed by atoms with van der Waals surface area (Å²) in [6.45, 7) is 10.4. The third-order valence-corrected chi connectivity index (χ3v) is 6.59. The molecule has 0 fully saturated rings. The van der Waals surface area contributed by atoms with E-state index in [4.69, 9.17) is 16.2 Å². The first-order chi connectivity index (χ1) is 20.5. The maximum absolute atomic E-state index is 12.1. The molecule has 246 valence electrons. The summed E-state index contributed by atoms with van der Waals surface area (Å²) < 4.78 is 7.30. The van der Waals surface area contributed by atoms with Crippen LogP contribution >= 0.6 is 0 Å². The van der Waals surface area contributed by atoms with Gasteiger partial charge in [-0.05, 0) is 44.9 Å². The van der Waals surface area contributed by atoms with E-state index in [0.717, 1.165) is 31.4 Å². The van der Waals surface area contributed by atoms with Crippen LogP contribution in [0.25, 0.3) is 0 Å². The molecule has 14 nitrogen and oxygen atoms in total. The lowest BCUT2D eigenvalue weighted by molar-refractivity contribution is -0.122. The average Bonchev–Trinajstić information content (AvgIpc) is 3.39. The number of hydrogen-bond acceptors (Lipinski definition) is 9. The van der Waals surface area contributed by atoms with Crippen molar-refractivity contribution in [2.45, 2.75) is 123 Å². The van der Waals surface area contributed by atoms with Gasteiger partial charge in [-0.3, -0.25) is 19.2 Å². The van der Waals surface area contributed by atoms with Gasteiger partial charge < -0.3 is 37.5 Å². The van der Waals surface area contributed by atoms with Crippen LogP contribution in [0.2, 0.25) is 0 Å². The largest absolute Gasteiger partial charge is 0.380 e. The number of nitrogens with one attached hydrogen (secondary N) is 4. The van der Waals surface area contributed by atoms with E-state index in [-0.39, 0.29) is 47.8 Å². The lowest BCUT2D eigenvalue weighted by atomic mass is 10.1. The second-order valence-corrected chi connectivity index (χ2v) is 11.4. The molecule has 1 heterocycles. The number of aryl methyl sites for hydroxylation is 1. The van der Waals surface area contributed by atoms with Crippen molar-refractivity contribution in [3.63, 3.8) is 0 Å². The number of primary amides is 2. The van der Waals surface area contributed by atoms with Gasteiger partial charge in [0.05, 0.1) is 30.9 Å². The van der Waals surface area contributed by atoms with Crippen molar-refractivity contribution in [1.82, 2.24) is 36.3 Å². The topological polar surface area (TPSA) is 208 Å². The first-order valence-corrected chi connectivity index (χ1v) is 15.6. The van der Waals surface area contributed by atoms with Crippen LogP contribution in [0, 0.1) is 0 Å². The van der Waals surface area contributed by atoms with E-state index in [0.29, 0.717) is 71.4 Å². The van der Waals surface area contributed by atoms with E-state index in [1.807, 2.05) is 27.7 Å². The third kappa shape index (κ3) is 19.7. The molecule has 0 saturated heterocycles. The number of hydrogen-bond donors (Lipinski definition) is 6. The minimum absolute atomic E-state index is 0.0176. The second kappa shape index (κ2) is 22.4.